The number of benzene rings is 1. The molecular weight excluding hydrogens is 314 g/mol. The van der Waals surface area contributed by atoms with Crippen LogP contribution in [0.1, 0.15) is 49.4 Å². The molecule has 4 rings (SSSR count). The Balaban J connectivity index is 1.71. The molecule has 0 fully saturated rings. The Morgan fingerprint density at radius 3 is 3.00 bits per heavy atom. The van der Waals surface area contributed by atoms with Gasteiger partial charge in [-0.15, -0.1) is 11.3 Å². The van der Waals surface area contributed by atoms with Crippen molar-refractivity contribution >= 4 is 28.3 Å². The van der Waals surface area contributed by atoms with Crippen LogP contribution >= 0.6 is 11.3 Å². The van der Waals surface area contributed by atoms with E-state index in [4.69, 9.17) is 9.47 Å². The molecule has 1 unspecified atom stereocenters. The fraction of sp³-hybridized carbons (Fsp3) is 0.294. The molecule has 0 radical (unpaired) electrons. The van der Waals surface area contributed by atoms with Crippen LogP contribution in [-0.4, -0.2) is 19.0 Å². The van der Waals surface area contributed by atoms with Gasteiger partial charge in [0.1, 0.15) is 5.00 Å². The number of carbonyl (C=O) groups is 2. The molecule has 0 saturated carbocycles. The fourth-order valence-corrected chi connectivity index (χ4v) is 4.49. The topological polar surface area (TPSA) is 64.6 Å². The SMILES string of the molecule is COC(=O)c1c(NC2OC(=O)c3ccccc32)sc2c1CCC2. The van der Waals surface area contributed by atoms with Crippen molar-refractivity contribution in [2.45, 2.75) is 25.5 Å². The van der Waals surface area contributed by atoms with Crippen molar-refractivity contribution in [3.05, 3.63) is 51.4 Å². The molecule has 1 aliphatic heterocycles. The van der Waals surface area contributed by atoms with Crippen LogP contribution < -0.4 is 5.32 Å². The van der Waals surface area contributed by atoms with Crippen LogP contribution in [0.2, 0.25) is 0 Å². The molecule has 1 aliphatic carbocycles. The predicted molar refractivity (Wildman–Crippen MR) is 85.9 cm³/mol. The second-order valence-corrected chi connectivity index (χ2v) is 6.68. The maximum atomic E-state index is 12.2. The second-order valence-electron chi connectivity index (χ2n) is 5.57. The number of anilines is 1. The van der Waals surface area contributed by atoms with Crippen molar-refractivity contribution in [2.75, 3.05) is 12.4 Å². The van der Waals surface area contributed by atoms with Gasteiger partial charge in [0.25, 0.3) is 0 Å². The van der Waals surface area contributed by atoms with Crippen LogP contribution in [0.15, 0.2) is 24.3 Å². The largest absolute Gasteiger partial charge is 0.465 e. The third kappa shape index (κ3) is 2.21. The first-order chi connectivity index (χ1) is 11.2. The molecule has 1 aromatic carbocycles. The highest BCUT2D eigenvalue weighted by atomic mass is 32.1. The van der Waals surface area contributed by atoms with Gasteiger partial charge in [-0.05, 0) is 30.9 Å². The monoisotopic (exact) mass is 329 g/mol. The van der Waals surface area contributed by atoms with E-state index >= 15 is 0 Å². The highest BCUT2D eigenvalue weighted by Crippen LogP contribution is 2.42. The number of methoxy groups -OCH3 is 1. The third-order valence-electron chi connectivity index (χ3n) is 4.26. The number of thiophene rings is 1. The molecular formula is C17H15NO4S. The van der Waals surface area contributed by atoms with Crippen LogP contribution in [0.25, 0.3) is 0 Å². The maximum absolute atomic E-state index is 12.2. The summed E-state index contributed by atoms with van der Waals surface area (Å²) in [5.74, 6) is -0.689. The number of aryl methyl sites for hydroxylation is 1. The number of hydrogen-bond acceptors (Lipinski definition) is 6. The molecule has 6 heteroatoms. The molecule has 0 saturated heterocycles. The Labute approximate surface area is 137 Å². The highest BCUT2D eigenvalue weighted by Gasteiger charge is 2.34. The summed E-state index contributed by atoms with van der Waals surface area (Å²) in [4.78, 5) is 25.3. The molecule has 0 amide bonds. The van der Waals surface area contributed by atoms with Crippen LogP contribution in [-0.2, 0) is 22.3 Å². The summed E-state index contributed by atoms with van der Waals surface area (Å²) in [6, 6.07) is 7.28. The van der Waals surface area contributed by atoms with E-state index in [1.54, 1.807) is 17.4 Å². The average molecular weight is 329 g/mol. The lowest BCUT2D eigenvalue weighted by atomic mass is 10.1. The molecule has 1 N–H and O–H groups in total. The molecule has 5 nitrogen and oxygen atoms in total. The van der Waals surface area contributed by atoms with Crippen molar-refractivity contribution in [3.8, 4) is 0 Å². The van der Waals surface area contributed by atoms with E-state index in [1.807, 2.05) is 18.2 Å². The number of ether oxygens (including phenoxy) is 2. The molecule has 1 aromatic heterocycles. The summed E-state index contributed by atoms with van der Waals surface area (Å²) in [7, 11) is 1.38. The molecule has 23 heavy (non-hydrogen) atoms. The van der Waals surface area contributed by atoms with Crippen LogP contribution in [0.5, 0.6) is 0 Å². The minimum Gasteiger partial charge on any atom is -0.465 e. The van der Waals surface area contributed by atoms with E-state index in [0.29, 0.717) is 11.1 Å². The van der Waals surface area contributed by atoms with Crippen molar-refractivity contribution in [1.82, 2.24) is 0 Å². The van der Waals surface area contributed by atoms with Gasteiger partial charge in [0.15, 0.2) is 0 Å². The van der Waals surface area contributed by atoms with Crippen molar-refractivity contribution < 1.29 is 19.1 Å². The standard InChI is InChI=1S/C17H15NO4S/c1-21-17(20)13-11-7-4-8-12(11)23-15(13)18-14-9-5-2-3-6-10(9)16(19)22-14/h2-3,5-6,14,18H,4,7-8H2,1H3. The van der Waals surface area contributed by atoms with E-state index in [2.05, 4.69) is 5.32 Å². The van der Waals surface area contributed by atoms with Gasteiger partial charge < -0.3 is 14.8 Å². The van der Waals surface area contributed by atoms with Gasteiger partial charge in [0.05, 0.1) is 18.2 Å². The van der Waals surface area contributed by atoms with Crippen LogP contribution in [0.3, 0.4) is 0 Å². The third-order valence-corrected chi connectivity index (χ3v) is 5.48. The Morgan fingerprint density at radius 1 is 1.35 bits per heavy atom. The molecule has 2 aliphatic rings. The first kappa shape index (κ1) is 14.3. The lowest BCUT2D eigenvalue weighted by Crippen LogP contribution is -2.13. The smallest absolute Gasteiger partial charge is 0.341 e. The maximum Gasteiger partial charge on any atom is 0.341 e. The van der Waals surface area contributed by atoms with Gasteiger partial charge in [-0.25, -0.2) is 9.59 Å². The Hall–Kier alpha value is -2.34. The number of cyclic esters (lactones) is 1. The Kier molecular flexibility index (Phi) is 3.34. The van der Waals surface area contributed by atoms with Gasteiger partial charge >= 0.3 is 11.9 Å². The molecule has 118 valence electrons. The van der Waals surface area contributed by atoms with Crippen LogP contribution in [0, 0.1) is 0 Å². The van der Waals surface area contributed by atoms with Crippen LogP contribution in [0.4, 0.5) is 5.00 Å². The highest BCUT2D eigenvalue weighted by molar-refractivity contribution is 7.16. The van der Waals surface area contributed by atoms with E-state index in [0.717, 1.165) is 35.4 Å². The average Bonchev–Trinajstić information content (AvgIpc) is 3.21. The Bertz CT molecular complexity index is 811. The second kappa shape index (κ2) is 5.38. The van der Waals surface area contributed by atoms with Gasteiger partial charge in [0.2, 0.25) is 6.23 Å². The summed E-state index contributed by atoms with van der Waals surface area (Å²) in [5, 5.41) is 3.93. The van der Waals surface area contributed by atoms with Gasteiger partial charge in [0, 0.05) is 10.4 Å². The number of esters is 2. The summed E-state index contributed by atoms with van der Waals surface area (Å²) in [5.41, 5.74) is 3.02. The van der Waals surface area contributed by atoms with Gasteiger partial charge in [-0.2, -0.15) is 0 Å². The minimum atomic E-state index is -0.569. The van der Waals surface area contributed by atoms with Gasteiger partial charge in [-0.3, -0.25) is 0 Å². The zero-order valence-electron chi connectivity index (χ0n) is 12.5. The molecule has 1 atom stereocenters. The number of carbonyl (C=O) groups excluding carboxylic acids is 2. The molecule has 2 aromatic rings. The summed E-state index contributed by atoms with van der Waals surface area (Å²) in [6.07, 6.45) is 2.36. The van der Waals surface area contributed by atoms with E-state index in [9.17, 15) is 9.59 Å². The number of rotatable bonds is 3. The van der Waals surface area contributed by atoms with E-state index in [-0.39, 0.29) is 11.9 Å². The van der Waals surface area contributed by atoms with Gasteiger partial charge in [-0.1, -0.05) is 18.2 Å². The summed E-state index contributed by atoms with van der Waals surface area (Å²) >= 11 is 1.55. The number of hydrogen-bond donors (Lipinski definition) is 1. The van der Waals surface area contributed by atoms with Crippen molar-refractivity contribution in [3.63, 3.8) is 0 Å². The molecule has 0 bridgehead atoms. The number of fused-ring (bicyclic) bond motifs is 2. The van der Waals surface area contributed by atoms with E-state index < -0.39 is 6.23 Å². The van der Waals surface area contributed by atoms with Crippen molar-refractivity contribution in [1.29, 1.82) is 0 Å². The first-order valence-corrected chi connectivity index (χ1v) is 8.30. The number of nitrogens with one attached hydrogen (secondary N) is 1. The lowest BCUT2D eigenvalue weighted by molar-refractivity contribution is 0.0437. The molecule has 2 heterocycles. The zero-order valence-corrected chi connectivity index (χ0v) is 13.4. The lowest BCUT2D eigenvalue weighted by Gasteiger charge is -2.14. The quantitative estimate of drug-likeness (QED) is 0.875. The fourth-order valence-electron chi connectivity index (χ4n) is 3.20. The van der Waals surface area contributed by atoms with Crippen molar-refractivity contribution in [2.24, 2.45) is 0 Å². The van der Waals surface area contributed by atoms with E-state index in [1.165, 1.54) is 12.0 Å². The summed E-state index contributed by atoms with van der Waals surface area (Å²) in [6.45, 7) is 0. The summed E-state index contributed by atoms with van der Waals surface area (Å²) < 4.78 is 10.3. The molecule has 0 spiro atoms. The normalized spacial score (nSPS) is 18.3. The Morgan fingerprint density at radius 2 is 2.17 bits per heavy atom. The predicted octanol–water partition coefficient (Wildman–Crippen LogP) is 3.30. The zero-order chi connectivity index (χ0) is 16.0. The minimum absolute atomic E-state index is 0.343. The first-order valence-electron chi connectivity index (χ1n) is 7.48.